The van der Waals surface area contributed by atoms with Crippen LogP contribution in [0.1, 0.15) is 49.2 Å². The fourth-order valence-corrected chi connectivity index (χ4v) is 6.58. The van der Waals surface area contributed by atoms with E-state index >= 15 is 0 Å². The largest absolute Gasteiger partial charge is 0.344 e. The van der Waals surface area contributed by atoms with Gasteiger partial charge in [-0.2, -0.15) is 9.57 Å². The van der Waals surface area contributed by atoms with E-state index in [2.05, 4.69) is 10.6 Å². The first kappa shape index (κ1) is 29.0. The molecular weight excluding hydrogens is 530 g/mol. The first-order valence-corrected chi connectivity index (χ1v) is 14.6. The molecule has 0 bridgehead atoms. The van der Waals surface area contributed by atoms with Crippen molar-refractivity contribution >= 4 is 38.5 Å². The highest BCUT2D eigenvalue weighted by molar-refractivity contribution is 7.89. The molecule has 2 amide bonds. The van der Waals surface area contributed by atoms with Crippen molar-refractivity contribution < 1.29 is 22.8 Å². The number of fused-ring (bicyclic) bond motifs is 1. The Morgan fingerprint density at radius 3 is 2.52 bits per heavy atom. The van der Waals surface area contributed by atoms with Gasteiger partial charge < -0.3 is 15.2 Å². The van der Waals surface area contributed by atoms with Crippen molar-refractivity contribution in [2.75, 3.05) is 13.1 Å². The maximum atomic E-state index is 13.4. The van der Waals surface area contributed by atoms with Gasteiger partial charge in [0.25, 0.3) is 5.91 Å². The van der Waals surface area contributed by atoms with Crippen molar-refractivity contribution in [1.29, 1.82) is 5.26 Å². The Balaban J connectivity index is 1.48. The highest BCUT2D eigenvalue weighted by Gasteiger charge is 2.35. The Bertz CT molecular complexity index is 1590. The van der Waals surface area contributed by atoms with Gasteiger partial charge >= 0.3 is 0 Å². The number of Topliss-reactive ketones (excluding diaryl/α,β-unsaturated/α-hetero) is 1. The van der Waals surface area contributed by atoms with Gasteiger partial charge in [0.1, 0.15) is 17.8 Å². The van der Waals surface area contributed by atoms with Gasteiger partial charge in [-0.25, -0.2) is 8.42 Å². The minimum absolute atomic E-state index is 0.00226. The molecule has 2 aromatic carbocycles. The molecule has 2 heterocycles. The zero-order chi connectivity index (χ0) is 29.0. The van der Waals surface area contributed by atoms with Gasteiger partial charge in [0.2, 0.25) is 15.9 Å². The van der Waals surface area contributed by atoms with Gasteiger partial charge in [-0.05, 0) is 49.4 Å². The summed E-state index contributed by atoms with van der Waals surface area (Å²) in [6, 6.07) is 15.3. The van der Waals surface area contributed by atoms with Crippen LogP contribution in [-0.2, 0) is 26.7 Å². The molecule has 1 fully saturated rings. The van der Waals surface area contributed by atoms with Crippen molar-refractivity contribution in [3.8, 4) is 6.07 Å². The molecule has 1 aliphatic heterocycles. The summed E-state index contributed by atoms with van der Waals surface area (Å²) in [5.41, 5.74) is 1.30. The Morgan fingerprint density at radius 2 is 1.82 bits per heavy atom. The Labute approximate surface area is 234 Å². The second-order valence-corrected chi connectivity index (χ2v) is 12.3. The molecule has 40 heavy (non-hydrogen) atoms. The molecule has 0 radical (unpaired) electrons. The topological polar surface area (TPSA) is 141 Å². The molecule has 210 valence electrons. The third-order valence-corrected chi connectivity index (χ3v) is 8.98. The lowest BCUT2D eigenvalue weighted by molar-refractivity contribution is -0.129. The molecule has 10 nitrogen and oxygen atoms in total. The van der Waals surface area contributed by atoms with E-state index in [1.165, 1.54) is 18.2 Å². The summed E-state index contributed by atoms with van der Waals surface area (Å²) < 4.78 is 29.3. The number of aryl methyl sites for hydroxylation is 1. The fourth-order valence-electron chi connectivity index (χ4n) is 4.99. The summed E-state index contributed by atoms with van der Waals surface area (Å²) in [6.45, 7) is 3.52. The van der Waals surface area contributed by atoms with Crippen molar-refractivity contribution in [3.63, 3.8) is 0 Å². The predicted molar refractivity (Wildman–Crippen MR) is 150 cm³/mol. The molecule has 4 rings (SSSR count). The summed E-state index contributed by atoms with van der Waals surface area (Å²) in [7, 11) is -2.30. The van der Waals surface area contributed by atoms with Crippen LogP contribution in [0.15, 0.2) is 59.5 Å². The summed E-state index contributed by atoms with van der Waals surface area (Å²) in [5.74, 6) is -1.27. The monoisotopic (exact) mass is 563 g/mol. The molecule has 1 unspecified atom stereocenters. The van der Waals surface area contributed by atoms with Crippen LogP contribution in [0.2, 0.25) is 0 Å². The summed E-state index contributed by atoms with van der Waals surface area (Å²) in [6.07, 6.45) is 0.942. The molecular formula is C29H33N5O5S. The van der Waals surface area contributed by atoms with Gasteiger partial charge in [0, 0.05) is 24.5 Å². The van der Waals surface area contributed by atoms with Gasteiger partial charge in [-0.3, -0.25) is 14.4 Å². The van der Waals surface area contributed by atoms with Gasteiger partial charge in [-0.15, -0.1) is 0 Å². The quantitative estimate of drug-likeness (QED) is 0.432. The van der Waals surface area contributed by atoms with Crippen LogP contribution in [0.5, 0.6) is 0 Å². The zero-order valence-corrected chi connectivity index (χ0v) is 23.6. The number of rotatable bonds is 8. The summed E-state index contributed by atoms with van der Waals surface area (Å²) in [5, 5.41) is 15.9. The SMILES string of the molecule is CC(C)CC(NC(=O)c1cc2ccccc2n1C)C(=O)N[C@H]1CCCN(S(=O)(=O)c2ccccc2C#N)CC1=O. The van der Waals surface area contributed by atoms with E-state index in [9.17, 15) is 28.1 Å². The van der Waals surface area contributed by atoms with Crippen LogP contribution in [0.4, 0.5) is 0 Å². The maximum absolute atomic E-state index is 13.4. The molecule has 0 spiro atoms. The summed E-state index contributed by atoms with van der Waals surface area (Å²) >= 11 is 0. The average Bonchev–Trinajstić information content (AvgIpc) is 3.15. The number of hydrogen-bond donors (Lipinski definition) is 2. The lowest BCUT2D eigenvalue weighted by Gasteiger charge is -2.24. The number of amides is 2. The smallest absolute Gasteiger partial charge is 0.268 e. The molecule has 3 aromatic rings. The van der Waals surface area contributed by atoms with Gasteiger partial charge in [0.15, 0.2) is 5.78 Å². The Hall–Kier alpha value is -4.01. The molecule has 0 aliphatic carbocycles. The average molecular weight is 564 g/mol. The van der Waals surface area contributed by atoms with E-state index in [4.69, 9.17) is 0 Å². The third-order valence-electron chi connectivity index (χ3n) is 7.08. The number of ketones is 1. The van der Waals surface area contributed by atoms with Crippen LogP contribution in [0, 0.1) is 17.2 Å². The maximum Gasteiger partial charge on any atom is 0.268 e. The minimum atomic E-state index is -4.09. The minimum Gasteiger partial charge on any atom is -0.344 e. The van der Waals surface area contributed by atoms with E-state index in [0.717, 1.165) is 15.2 Å². The lowest BCUT2D eigenvalue weighted by atomic mass is 10.0. The second kappa shape index (κ2) is 12.0. The molecule has 11 heteroatoms. The van der Waals surface area contributed by atoms with Crippen molar-refractivity contribution in [2.24, 2.45) is 13.0 Å². The molecule has 1 saturated heterocycles. The molecule has 0 saturated carbocycles. The van der Waals surface area contributed by atoms with Crippen LogP contribution < -0.4 is 10.6 Å². The van der Waals surface area contributed by atoms with Crippen LogP contribution >= 0.6 is 0 Å². The van der Waals surface area contributed by atoms with Crippen LogP contribution in [0.25, 0.3) is 10.9 Å². The lowest BCUT2D eigenvalue weighted by Crippen LogP contribution is -2.52. The molecule has 1 aromatic heterocycles. The zero-order valence-electron chi connectivity index (χ0n) is 22.8. The number of aromatic nitrogens is 1. The Morgan fingerprint density at radius 1 is 1.12 bits per heavy atom. The third kappa shape index (κ3) is 6.08. The van der Waals surface area contributed by atoms with E-state index in [-0.39, 0.29) is 29.3 Å². The number of nitriles is 1. The number of nitrogens with zero attached hydrogens (tertiary/aromatic N) is 3. The summed E-state index contributed by atoms with van der Waals surface area (Å²) in [4.78, 5) is 39.6. The number of hydrogen-bond acceptors (Lipinski definition) is 6. The van der Waals surface area contributed by atoms with Crippen LogP contribution in [0.3, 0.4) is 0 Å². The van der Waals surface area contributed by atoms with Gasteiger partial charge in [0.05, 0.1) is 23.0 Å². The molecule has 2 atom stereocenters. The van der Waals surface area contributed by atoms with Crippen molar-refractivity contribution in [3.05, 3.63) is 65.9 Å². The highest BCUT2D eigenvalue weighted by atomic mass is 32.2. The second-order valence-electron chi connectivity index (χ2n) is 10.4. The van der Waals surface area contributed by atoms with E-state index in [1.54, 1.807) is 23.7 Å². The van der Waals surface area contributed by atoms with Gasteiger partial charge in [-0.1, -0.05) is 44.2 Å². The Kier molecular flexibility index (Phi) is 8.71. The number of carbonyl (C=O) groups excluding carboxylic acids is 3. The number of nitrogens with one attached hydrogen (secondary N) is 2. The van der Waals surface area contributed by atoms with E-state index < -0.39 is 46.2 Å². The molecule has 1 aliphatic rings. The molecule has 2 N–H and O–H groups in total. The first-order chi connectivity index (χ1) is 19.0. The van der Waals surface area contributed by atoms with E-state index in [0.29, 0.717) is 18.5 Å². The first-order valence-electron chi connectivity index (χ1n) is 13.2. The van der Waals surface area contributed by atoms with Crippen molar-refractivity contribution in [2.45, 2.75) is 50.1 Å². The van der Waals surface area contributed by atoms with Crippen molar-refractivity contribution in [1.82, 2.24) is 19.5 Å². The van der Waals surface area contributed by atoms with E-state index in [1.807, 2.05) is 44.2 Å². The number of para-hydroxylation sites is 1. The number of carbonyl (C=O) groups is 3. The predicted octanol–water partition coefficient (Wildman–Crippen LogP) is 2.73. The normalized spacial score (nSPS) is 17.3. The fraction of sp³-hybridized carbons (Fsp3) is 0.379. The van der Waals surface area contributed by atoms with Crippen LogP contribution in [-0.4, -0.2) is 60.1 Å². The standard InChI is InChI=1S/C29H33N5O5S/c1-19(2)15-23(32-29(37)25-16-20-9-4-6-12-24(20)33(25)3)28(36)31-22-11-8-14-34(18-26(22)35)40(38,39)27-13-7-5-10-21(27)17-30/h4-7,9-10,12-13,16,19,22-23H,8,11,14-15,18H2,1-3H3,(H,31,36)(H,32,37)/t22-,23?/m0/s1. The number of benzene rings is 2. The number of sulfonamides is 1. The highest BCUT2D eigenvalue weighted by Crippen LogP contribution is 2.23.